The van der Waals surface area contributed by atoms with E-state index in [1.807, 2.05) is 0 Å². The molecule has 8 heteroatoms. The second kappa shape index (κ2) is 6.77. The summed E-state index contributed by atoms with van der Waals surface area (Å²) in [5, 5.41) is 7.70. The van der Waals surface area contributed by atoms with Gasteiger partial charge in [-0.2, -0.15) is 0 Å². The number of halogens is 2. The molecule has 1 aromatic heterocycles. The minimum atomic E-state index is -0.567. The maximum Gasteiger partial charge on any atom is 0.360 e. The first-order valence-electron chi connectivity index (χ1n) is 6.30. The number of nitrogens with two attached hydrogens (primary N) is 1. The van der Waals surface area contributed by atoms with Crippen LogP contribution in [-0.2, 0) is 17.8 Å². The highest BCUT2D eigenvalue weighted by atomic mass is 79.9. The fraction of sp³-hybridized carbons (Fsp3) is 0.308. The molecule has 112 valence electrons. The van der Waals surface area contributed by atoms with Crippen LogP contribution in [0.3, 0.4) is 0 Å². The minimum absolute atomic E-state index is 0.0775. The molecule has 0 unspecified atom stereocenters. The van der Waals surface area contributed by atoms with E-state index < -0.39 is 5.97 Å². The number of nitrogens with zero attached hydrogens (tertiary/aromatic N) is 3. The van der Waals surface area contributed by atoms with Crippen LogP contribution in [0.2, 0.25) is 0 Å². The third-order valence-corrected chi connectivity index (χ3v) is 3.74. The van der Waals surface area contributed by atoms with Crippen LogP contribution in [0.4, 0.5) is 4.39 Å². The van der Waals surface area contributed by atoms with Gasteiger partial charge in [0, 0.05) is 6.54 Å². The van der Waals surface area contributed by atoms with Crippen molar-refractivity contribution in [3.63, 3.8) is 0 Å². The molecule has 0 amide bonds. The van der Waals surface area contributed by atoms with Gasteiger partial charge in [-0.15, -0.1) is 5.10 Å². The van der Waals surface area contributed by atoms with Gasteiger partial charge in [0.2, 0.25) is 0 Å². The molecule has 2 aromatic rings. The van der Waals surface area contributed by atoms with Crippen LogP contribution in [0.15, 0.2) is 22.7 Å². The SMILES string of the molecule is CCOC(=O)c1nnn(Cc2cccc(F)c2Br)c1CN. The fourth-order valence-electron chi connectivity index (χ4n) is 1.85. The molecule has 6 nitrogen and oxygen atoms in total. The zero-order valence-electron chi connectivity index (χ0n) is 11.3. The molecular formula is C13H14BrFN4O2. The zero-order valence-corrected chi connectivity index (χ0v) is 12.9. The molecule has 0 spiro atoms. The van der Waals surface area contributed by atoms with E-state index in [0.717, 1.165) is 0 Å². The Bertz CT molecular complexity index is 660. The van der Waals surface area contributed by atoms with E-state index in [4.69, 9.17) is 10.5 Å². The first-order valence-corrected chi connectivity index (χ1v) is 7.10. The van der Waals surface area contributed by atoms with Gasteiger partial charge in [-0.1, -0.05) is 17.3 Å². The fourth-order valence-corrected chi connectivity index (χ4v) is 2.24. The molecule has 2 rings (SSSR count). The molecule has 0 saturated carbocycles. The number of hydrogen-bond donors (Lipinski definition) is 1. The highest BCUT2D eigenvalue weighted by molar-refractivity contribution is 9.10. The van der Waals surface area contributed by atoms with Crippen LogP contribution in [0, 0.1) is 5.82 Å². The Hall–Kier alpha value is -1.80. The van der Waals surface area contributed by atoms with Crippen molar-refractivity contribution < 1.29 is 13.9 Å². The lowest BCUT2D eigenvalue weighted by Gasteiger charge is -2.08. The average Bonchev–Trinajstić information content (AvgIpc) is 2.87. The zero-order chi connectivity index (χ0) is 15.4. The lowest BCUT2D eigenvalue weighted by Crippen LogP contribution is -2.15. The lowest BCUT2D eigenvalue weighted by atomic mass is 10.2. The van der Waals surface area contributed by atoms with Gasteiger partial charge in [-0.25, -0.2) is 13.9 Å². The molecule has 0 aliphatic heterocycles. The molecule has 0 bridgehead atoms. The Kier molecular flexibility index (Phi) is 5.03. The maximum atomic E-state index is 13.5. The largest absolute Gasteiger partial charge is 0.461 e. The monoisotopic (exact) mass is 356 g/mol. The summed E-state index contributed by atoms with van der Waals surface area (Å²) in [6.07, 6.45) is 0. The normalized spacial score (nSPS) is 10.7. The summed E-state index contributed by atoms with van der Waals surface area (Å²) in [4.78, 5) is 11.7. The van der Waals surface area contributed by atoms with Gasteiger partial charge in [0.25, 0.3) is 0 Å². The summed E-state index contributed by atoms with van der Waals surface area (Å²) in [5.41, 5.74) is 6.87. The molecular weight excluding hydrogens is 343 g/mol. The highest BCUT2D eigenvalue weighted by Gasteiger charge is 2.20. The van der Waals surface area contributed by atoms with E-state index >= 15 is 0 Å². The standard InChI is InChI=1S/C13H14BrFN4O2/c1-2-21-13(20)12-10(6-16)19(18-17-12)7-8-4-3-5-9(15)11(8)14/h3-5H,2,6-7,16H2,1H3. The van der Waals surface area contributed by atoms with Crippen molar-refractivity contribution in [1.82, 2.24) is 15.0 Å². The number of benzene rings is 1. The van der Waals surface area contributed by atoms with Crippen LogP contribution in [0.1, 0.15) is 28.7 Å². The third kappa shape index (κ3) is 3.27. The molecule has 2 N–H and O–H groups in total. The van der Waals surface area contributed by atoms with E-state index in [-0.39, 0.29) is 31.2 Å². The van der Waals surface area contributed by atoms with Crippen LogP contribution < -0.4 is 5.73 Å². The summed E-state index contributed by atoms with van der Waals surface area (Å²) in [5.74, 6) is -0.935. The van der Waals surface area contributed by atoms with Crippen molar-refractivity contribution in [3.05, 3.63) is 45.4 Å². The van der Waals surface area contributed by atoms with E-state index in [1.165, 1.54) is 10.7 Å². The van der Waals surface area contributed by atoms with Gasteiger partial charge in [0.05, 0.1) is 23.3 Å². The topological polar surface area (TPSA) is 83.0 Å². The summed E-state index contributed by atoms with van der Waals surface area (Å²) in [7, 11) is 0. The smallest absolute Gasteiger partial charge is 0.360 e. The second-order valence-corrected chi connectivity index (χ2v) is 4.97. The molecule has 1 aromatic carbocycles. The quantitative estimate of drug-likeness (QED) is 0.826. The number of esters is 1. The Morgan fingerprint density at radius 1 is 1.52 bits per heavy atom. The van der Waals surface area contributed by atoms with Crippen molar-refractivity contribution in [2.75, 3.05) is 6.61 Å². The molecule has 1 heterocycles. The Morgan fingerprint density at radius 2 is 2.29 bits per heavy atom. The van der Waals surface area contributed by atoms with E-state index in [2.05, 4.69) is 26.2 Å². The predicted octanol–water partition coefficient (Wildman–Crippen LogP) is 1.86. The van der Waals surface area contributed by atoms with Crippen molar-refractivity contribution in [2.24, 2.45) is 5.73 Å². The van der Waals surface area contributed by atoms with Gasteiger partial charge in [-0.3, -0.25) is 0 Å². The third-order valence-electron chi connectivity index (χ3n) is 2.85. The molecule has 0 saturated heterocycles. The number of carbonyl (C=O) groups is 1. The Balaban J connectivity index is 2.33. The first-order chi connectivity index (χ1) is 10.1. The molecule has 0 radical (unpaired) electrons. The lowest BCUT2D eigenvalue weighted by molar-refractivity contribution is 0.0518. The Labute approximate surface area is 129 Å². The first kappa shape index (κ1) is 15.6. The average molecular weight is 357 g/mol. The molecule has 0 atom stereocenters. The van der Waals surface area contributed by atoms with Crippen LogP contribution in [-0.4, -0.2) is 27.6 Å². The van der Waals surface area contributed by atoms with E-state index in [9.17, 15) is 9.18 Å². The van der Waals surface area contributed by atoms with Crippen molar-refractivity contribution in [3.8, 4) is 0 Å². The number of aromatic nitrogens is 3. The van der Waals surface area contributed by atoms with Gasteiger partial charge in [0.15, 0.2) is 5.69 Å². The van der Waals surface area contributed by atoms with Crippen molar-refractivity contribution in [1.29, 1.82) is 0 Å². The van der Waals surface area contributed by atoms with Gasteiger partial charge in [-0.05, 0) is 34.5 Å². The number of hydrogen-bond acceptors (Lipinski definition) is 5. The van der Waals surface area contributed by atoms with E-state index in [1.54, 1.807) is 19.1 Å². The summed E-state index contributed by atoms with van der Waals surface area (Å²) in [6.45, 7) is 2.27. The van der Waals surface area contributed by atoms with Gasteiger partial charge in [0.1, 0.15) is 5.82 Å². The molecule has 0 aliphatic carbocycles. The molecule has 21 heavy (non-hydrogen) atoms. The van der Waals surface area contributed by atoms with Gasteiger partial charge < -0.3 is 10.5 Å². The van der Waals surface area contributed by atoms with Crippen LogP contribution >= 0.6 is 15.9 Å². The summed E-state index contributed by atoms with van der Waals surface area (Å²) < 4.78 is 20.2. The van der Waals surface area contributed by atoms with Crippen LogP contribution in [0.25, 0.3) is 0 Å². The van der Waals surface area contributed by atoms with Crippen molar-refractivity contribution >= 4 is 21.9 Å². The number of rotatable bonds is 5. The molecule has 0 aliphatic rings. The Morgan fingerprint density at radius 3 is 2.95 bits per heavy atom. The number of ether oxygens (including phenoxy) is 1. The van der Waals surface area contributed by atoms with Crippen molar-refractivity contribution in [2.45, 2.75) is 20.0 Å². The highest BCUT2D eigenvalue weighted by Crippen LogP contribution is 2.21. The maximum absolute atomic E-state index is 13.5. The number of carbonyl (C=O) groups excluding carboxylic acids is 1. The van der Waals surface area contributed by atoms with Gasteiger partial charge >= 0.3 is 5.97 Å². The predicted molar refractivity (Wildman–Crippen MR) is 77.1 cm³/mol. The minimum Gasteiger partial charge on any atom is -0.461 e. The summed E-state index contributed by atoms with van der Waals surface area (Å²) in [6, 6.07) is 4.70. The summed E-state index contributed by atoms with van der Waals surface area (Å²) >= 11 is 3.19. The van der Waals surface area contributed by atoms with Crippen LogP contribution in [0.5, 0.6) is 0 Å². The van der Waals surface area contributed by atoms with E-state index in [0.29, 0.717) is 15.7 Å². The molecule has 0 fully saturated rings. The second-order valence-electron chi connectivity index (χ2n) is 4.18.